The number of nitrogens with one attached hydrogen (secondary N) is 2. The van der Waals surface area contributed by atoms with Gasteiger partial charge in [0.2, 0.25) is 9.84 Å². The van der Waals surface area contributed by atoms with Gasteiger partial charge in [-0.25, -0.2) is 8.42 Å². The maximum atomic E-state index is 13.0. The molecule has 0 aliphatic carbocycles. The summed E-state index contributed by atoms with van der Waals surface area (Å²) < 4.78 is 25.9. The highest BCUT2D eigenvalue weighted by Crippen LogP contribution is 2.34. The van der Waals surface area contributed by atoms with Crippen LogP contribution in [-0.4, -0.2) is 39.2 Å². The highest BCUT2D eigenvalue weighted by atomic mass is 32.2. The summed E-state index contributed by atoms with van der Waals surface area (Å²) in [6.07, 6.45) is 0.821. The summed E-state index contributed by atoms with van der Waals surface area (Å²) in [7, 11) is -3.84. The van der Waals surface area contributed by atoms with Crippen molar-refractivity contribution in [3.8, 4) is 0 Å². The van der Waals surface area contributed by atoms with Crippen LogP contribution in [0.3, 0.4) is 0 Å². The summed E-state index contributed by atoms with van der Waals surface area (Å²) in [4.78, 5) is 25.2. The standard InChI is InChI=1S/C20H20N2O4S/c1-12-11-21-9-8-16(12)22-20(24)13-6-7-15-18(10-13)27(25,26)17-5-3-2-4-14(17)19(15)23/h2-7,10,12,16,21H,8-9,11H2,1H3,(H,22,24). The molecule has 6 nitrogen and oxygen atoms in total. The quantitative estimate of drug-likeness (QED) is 0.703. The molecule has 4 rings (SSSR count). The number of benzene rings is 2. The Hall–Kier alpha value is -2.51. The molecule has 2 N–H and O–H groups in total. The van der Waals surface area contributed by atoms with Crippen LogP contribution < -0.4 is 10.6 Å². The Balaban J connectivity index is 1.70. The van der Waals surface area contributed by atoms with Crippen LogP contribution in [0.5, 0.6) is 0 Å². The second kappa shape index (κ2) is 6.58. The van der Waals surface area contributed by atoms with Crippen LogP contribution in [0.2, 0.25) is 0 Å². The smallest absolute Gasteiger partial charge is 0.251 e. The molecule has 2 unspecified atom stereocenters. The molecule has 2 aromatic rings. The van der Waals surface area contributed by atoms with E-state index in [-0.39, 0.29) is 50.1 Å². The Morgan fingerprint density at radius 2 is 1.85 bits per heavy atom. The molecule has 1 saturated heterocycles. The minimum Gasteiger partial charge on any atom is -0.349 e. The number of sulfone groups is 1. The lowest BCUT2D eigenvalue weighted by Gasteiger charge is -2.30. The Morgan fingerprint density at radius 1 is 1.11 bits per heavy atom. The first-order valence-corrected chi connectivity index (χ1v) is 10.4. The third-order valence-electron chi connectivity index (χ3n) is 5.30. The van der Waals surface area contributed by atoms with Crippen molar-refractivity contribution in [1.82, 2.24) is 10.6 Å². The number of hydrogen-bond donors (Lipinski definition) is 2. The van der Waals surface area contributed by atoms with Gasteiger partial charge in [-0.15, -0.1) is 0 Å². The summed E-state index contributed by atoms with van der Waals surface area (Å²) in [6.45, 7) is 3.72. The average molecular weight is 384 g/mol. The van der Waals surface area contributed by atoms with Crippen molar-refractivity contribution in [2.45, 2.75) is 29.2 Å². The Labute approximate surface area is 157 Å². The SMILES string of the molecule is CC1CNCCC1NC(=O)c1ccc2c(c1)S(=O)(=O)c1ccccc1C2=O. The van der Waals surface area contributed by atoms with Crippen molar-refractivity contribution in [2.24, 2.45) is 5.92 Å². The molecule has 7 heteroatoms. The molecule has 2 aliphatic rings. The van der Waals surface area contributed by atoms with Gasteiger partial charge < -0.3 is 10.6 Å². The molecular formula is C20H20N2O4S. The maximum Gasteiger partial charge on any atom is 0.251 e. The highest BCUT2D eigenvalue weighted by molar-refractivity contribution is 7.91. The van der Waals surface area contributed by atoms with Crippen molar-refractivity contribution >= 4 is 21.5 Å². The fraction of sp³-hybridized carbons (Fsp3) is 0.300. The number of rotatable bonds is 2. The zero-order valence-electron chi connectivity index (χ0n) is 14.9. The number of hydrogen-bond acceptors (Lipinski definition) is 5. The number of ketones is 1. The van der Waals surface area contributed by atoms with Gasteiger partial charge in [0.1, 0.15) is 0 Å². The molecule has 2 heterocycles. The summed E-state index contributed by atoms with van der Waals surface area (Å²) in [5, 5.41) is 6.27. The fourth-order valence-corrected chi connectivity index (χ4v) is 5.38. The number of carbonyl (C=O) groups is 2. The van der Waals surface area contributed by atoms with Crippen LogP contribution in [0.25, 0.3) is 0 Å². The van der Waals surface area contributed by atoms with Gasteiger partial charge in [0.25, 0.3) is 5.91 Å². The third kappa shape index (κ3) is 2.96. The van der Waals surface area contributed by atoms with E-state index in [1.165, 1.54) is 30.3 Å². The van der Waals surface area contributed by atoms with Crippen LogP contribution >= 0.6 is 0 Å². The van der Waals surface area contributed by atoms with E-state index in [0.29, 0.717) is 0 Å². The number of fused-ring (bicyclic) bond motifs is 2. The minimum atomic E-state index is -3.84. The normalized spacial score (nSPS) is 23.2. The lowest BCUT2D eigenvalue weighted by molar-refractivity contribution is 0.0912. The number of piperidine rings is 1. The topological polar surface area (TPSA) is 92.3 Å². The molecular weight excluding hydrogens is 364 g/mol. The average Bonchev–Trinajstić information content (AvgIpc) is 2.68. The van der Waals surface area contributed by atoms with Gasteiger partial charge >= 0.3 is 0 Å². The molecule has 0 saturated carbocycles. The molecule has 0 aromatic heterocycles. The molecule has 2 atom stereocenters. The van der Waals surface area contributed by atoms with Crippen LogP contribution in [0.1, 0.15) is 39.6 Å². The van der Waals surface area contributed by atoms with E-state index in [9.17, 15) is 18.0 Å². The molecule has 2 aromatic carbocycles. The Morgan fingerprint density at radius 3 is 2.63 bits per heavy atom. The second-order valence-electron chi connectivity index (χ2n) is 7.09. The molecule has 140 valence electrons. The van der Waals surface area contributed by atoms with Crippen LogP contribution in [-0.2, 0) is 9.84 Å². The Kier molecular flexibility index (Phi) is 4.36. The van der Waals surface area contributed by atoms with E-state index >= 15 is 0 Å². The van der Waals surface area contributed by atoms with Crippen LogP contribution in [0.15, 0.2) is 52.3 Å². The first-order valence-electron chi connectivity index (χ1n) is 8.94. The van der Waals surface area contributed by atoms with Crippen molar-refractivity contribution in [3.05, 3.63) is 59.2 Å². The van der Waals surface area contributed by atoms with Gasteiger partial charge in [0.05, 0.1) is 9.79 Å². The zero-order valence-corrected chi connectivity index (χ0v) is 15.7. The Bertz CT molecular complexity index is 1050. The largest absolute Gasteiger partial charge is 0.349 e. The van der Waals surface area contributed by atoms with Gasteiger partial charge in [-0.3, -0.25) is 9.59 Å². The van der Waals surface area contributed by atoms with E-state index in [1.807, 2.05) is 0 Å². The lowest BCUT2D eigenvalue weighted by Crippen LogP contribution is -2.48. The first kappa shape index (κ1) is 17.9. The summed E-state index contributed by atoms with van der Waals surface area (Å²) in [5.41, 5.74) is 0.529. The number of carbonyl (C=O) groups excluding carboxylic acids is 2. The zero-order chi connectivity index (χ0) is 19.2. The van der Waals surface area contributed by atoms with E-state index < -0.39 is 9.84 Å². The molecule has 27 heavy (non-hydrogen) atoms. The summed E-state index contributed by atoms with van der Waals surface area (Å²) in [5.74, 6) is -0.370. The van der Waals surface area contributed by atoms with E-state index in [1.54, 1.807) is 12.1 Å². The molecule has 1 amide bonds. The highest BCUT2D eigenvalue weighted by Gasteiger charge is 2.35. The minimum absolute atomic E-state index is 0.00737. The molecule has 2 aliphatic heterocycles. The molecule has 1 fully saturated rings. The van der Waals surface area contributed by atoms with Gasteiger partial charge in [0.15, 0.2) is 5.78 Å². The first-order chi connectivity index (χ1) is 12.9. The third-order valence-corrected chi connectivity index (χ3v) is 7.15. The van der Waals surface area contributed by atoms with Crippen LogP contribution in [0.4, 0.5) is 0 Å². The number of amides is 1. The van der Waals surface area contributed by atoms with Crippen molar-refractivity contribution in [1.29, 1.82) is 0 Å². The monoisotopic (exact) mass is 384 g/mol. The fourth-order valence-electron chi connectivity index (χ4n) is 3.71. The maximum absolute atomic E-state index is 13.0. The summed E-state index contributed by atoms with van der Waals surface area (Å²) >= 11 is 0. The molecule has 0 spiro atoms. The second-order valence-corrected chi connectivity index (χ2v) is 8.98. The van der Waals surface area contributed by atoms with Crippen molar-refractivity contribution < 1.29 is 18.0 Å². The van der Waals surface area contributed by atoms with Crippen molar-refractivity contribution in [2.75, 3.05) is 13.1 Å². The van der Waals surface area contributed by atoms with Crippen LogP contribution in [0, 0.1) is 5.92 Å². The lowest BCUT2D eigenvalue weighted by atomic mass is 9.95. The summed E-state index contributed by atoms with van der Waals surface area (Å²) in [6, 6.07) is 10.5. The predicted molar refractivity (Wildman–Crippen MR) is 99.7 cm³/mol. The van der Waals surface area contributed by atoms with E-state index in [4.69, 9.17) is 0 Å². The van der Waals surface area contributed by atoms with E-state index in [0.717, 1.165) is 19.5 Å². The molecule has 0 radical (unpaired) electrons. The van der Waals surface area contributed by atoms with Crippen molar-refractivity contribution in [3.63, 3.8) is 0 Å². The molecule has 0 bridgehead atoms. The van der Waals surface area contributed by atoms with Gasteiger partial charge in [-0.2, -0.15) is 0 Å². The van der Waals surface area contributed by atoms with Gasteiger partial charge in [-0.05, 0) is 55.8 Å². The van der Waals surface area contributed by atoms with Gasteiger partial charge in [0, 0.05) is 22.7 Å². The van der Waals surface area contributed by atoms with E-state index in [2.05, 4.69) is 17.6 Å². The predicted octanol–water partition coefficient (Wildman–Crippen LogP) is 1.79. The van der Waals surface area contributed by atoms with Gasteiger partial charge in [-0.1, -0.05) is 19.1 Å².